The van der Waals surface area contributed by atoms with Crippen molar-refractivity contribution in [2.75, 3.05) is 6.61 Å². The van der Waals surface area contributed by atoms with Crippen LogP contribution in [0.1, 0.15) is 11.4 Å². The quantitative estimate of drug-likeness (QED) is 0.730. The number of aromatic amines is 1. The summed E-state index contributed by atoms with van der Waals surface area (Å²) in [5, 5.41) is 3.45. The van der Waals surface area contributed by atoms with Gasteiger partial charge in [-0.25, -0.2) is 4.98 Å². The second-order valence-corrected chi connectivity index (χ2v) is 5.53. The van der Waals surface area contributed by atoms with Crippen molar-refractivity contribution in [3.05, 3.63) is 64.9 Å². The van der Waals surface area contributed by atoms with Crippen molar-refractivity contribution in [3.8, 4) is 0 Å². The Morgan fingerprint density at radius 2 is 1.96 bits per heavy atom. The van der Waals surface area contributed by atoms with Crippen LogP contribution >= 0.6 is 11.6 Å². The van der Waals surface area contributed by atoms with Crippen LogP contribution < -0.4 is 5.32 Å². The molecule has 0 saturated heterocycles. The van der Waals surface area contributed by atoms with Gasteiger partial charge in [-0.05, 0) is 29.8 Å². The molecule has 2 aromatic carbocycles. The molecule has 0 saturated carbocycles. The van der Waals surface area contributed by atoms with E-state index in [1.807, 2.05) is 36.4 Å². The van der Waals surface area contributed by atoms with Crippen LogP contribution in [0.2, 0.25) is 5.02 Å². The normalized spacial score (nSPS) is 10.8. The van der Waals surface area contributed by atoms with Crippen molar-refractivity contribution >= 4 is 28.5 Å². The maximum absolute atomic E-state index is 11.8. The molecule has 0 spiro atoms. The van der Waals surface area contributed by atoms with Crippen molar-refractivity contribution in [2.24, 2.45) is 0 Å². The summed E-state index contributed by atoms with van der Waals surface area (Å²) >= 11 is 5.81. The summed E-state index contributed by atoms with van der Waals surface area (Å²) < 4.78 is 5.38. The number of H-pyrrole nitrogens is 1. The fourth-order valence-electron chi connectivity index (χ4n) is 2.16. The molecule has 0 unspecified atom stereocenters. The molecule has 0 aliphatic rings. The largest absolute Gasteiger partial charge is 0.367 e. The fourth-order valence-corrected chi connectivity index (χ4v) is 2.29. The van der Waals surface area contributed by atoms with Gasteiger partial charge < -0.3 is 15.0 Å². The number of aromatic nitrogens is 2. The second kappa shape index (κ2) is 7.26. The SMILES string of the molecule is O=C(COCc1ccc(Cl)cc1)NCc1nc2ccccc2[nH]1. The Labute approximate surface area is 138 Å². The standard InChI is InChI=1S/C17H16ClN3O2/c18-13-7-5-12(6-8-13)10-23-11-17(22)19-9-16-20-14-3-1-2-4-15(14)21-16/h1-8H,9-11H2,(H,19,22)(H,20,21). The number of amides is 1. The zero-order valence-corrected chi connectivity index (χ0v) is 13.1. The van der Waals surface area contributed by atoms with Gasteiger partial charge in [0.05, 0.1) is 24.2 Å². The number of ether oxygens (including phenoxy) is 1. The van der Waals surface area contributed by atoms with Crippen LogP contribution in [0.25, 0.3) is 11.0 Å². The molecular weight excluding hydrogens is 314 g/mol. The first-order chi connectivity index (χ1) is 11.2. The number of nitrogens with one attached hydrogen (secondary N) is 2. The van der Waals surface area contributed by atoms with Crippen LogP contribution in [0.15, 0.2) is 48.5 Å². The van der Waals surface area contributed by atoms with Crippen molar-refractivity contribution < 1.29 is 9.53 Å². The van der Waals surface area contributed by atoms with E-state index in [-0.39, 0.29) is 12.5 Å². The Bertz CT molecular complexity index is 766. The number of hydrogen-bond donors (Lipinski definition) is 2. The number of halogens is 1. The minimum absolute atomic E-state index is 0.00283. The van der Waals surface area contributed by atoms with Gasteiger partial charge >= 0.3 is 0 Å². The zero-order chi connectivity index (χ0) is 16.1. The van der Waals surface area contributed by atoms with Crippen molar-refractivity contribution in [1.82, 2.24) is 15.3 Å². The highest BCUT2D eigenvalue weighted by molar-refractivity contribution is 6.30. The molecule has 0 fully saturated rings. The number of rotatable bonds is 6. The lowest BCUT2D eigenvalue weighted by Crippen LogP contribution is -2.27. The van der Waals surface area contributed by atoms with Gasteiger partial charge in [-0.2, -0.15) is 0 Å². The van der Waals surface area contributed by atoms with Crippen LogP contribution in [-0.2, 0) is 22.7 Å². The molecule has 23 heavy (non-hydrogen) atoms. The molecule has 3 rings (SSSR count). The Kier molecular flexibility index (Phi) is 4.90. The highest BCUT2D eigenvalue weighted by Crippen LogP contribution is 2.11. The predicted octanol–water partition coefficient (Wildman–Crippen LogP) is 3.05. The topological polar surface area (TPSA) is 67.0 Å². The van der Waals surface area contributed by atoms with Gasteiger partial charge in [-0.1, -0.05) is 35.9 Å². The minimum Gasteiger partial charge on any atom is -0.367 e. The van der Waals surface area contributed by atoms with Gasteiger partial charge in [-0.3, -0.25) is 4.79 Å². The van der Waals surface area contributed by atoms with Crippen LogP contribution in [0.4, 0.5) is 0 Å². The number of para-hydroxylation sites is 2. The van der Waals surface area contributed by atoms with Crippen molar-refractivity contribution in [3.63, 3.8) is 0 Å². The molecule has 0 atom stereocenters. The number of nitrogens with zero attached hydrogens (tertiary/aromatic N) is 1. The van der Waals surface area contributed by atoms with E-state index in [1.165, 1.54) is 0 Å². The van der Waals surface area contributed by atoms with Gasteiger partial charge in [0, 0.05) is 5.02 Å². The maximum atomic E-state index is 11.8. The van der Waals surface area contributed by atoms with E-state index in [9.17, 15) is 4.79 Å². The van der Waals surface area contributed by atoms with Gasteiger partial charge in [-0.15, -0.1) is 0 Å². The smallest absolute Gasteiger partial charge is 0.246 e. The first-order valence-electron chi connectivity index (χ1n) is 7.23. The van der Waals surface area contributed by atoms with E-state index in [0.717, 1.165) is 22.4 Å². The number of fused-ring (bicyclic) bond motifs is 1. The van der Waals surface area contributed by atoms with Crippen molar-refractivity contribution in [1.29, 1.82) is 0 Å². The van der Waals surface area contributed by atoms with Crippen LogP contribution in [0, 0.1) is 0 Å². The number of benzene rings is 2. The van der Waals surface area contributed by atoms with Crippen LogP contribution in [0.5, 0.6) is 0 Å². The van der Waals surface area contributed by atoms with Gasteiger partial charge in [0.2, 0.25) is 5.91 Å². The average Bonchev–Trinajstić information content (AvgIpc) is 2.98. The summed E-state index contributed by atoms with van der Waals surface area (Å²) in [6.45, 7) is 0.718. The lowest BCUT2D eigenvalue weighted by Gasteiger charge is -2.05. The molecule has 0 aliphatic carbocycles. The van der Waals surface area contributed by atoms with E-state index in [2.05, 4.69) is 15.3 Å². The Balaban J connectivity index is 1.43. The summed E-state index contributed by atoms with van der Waals surface area (Å²) in [7, 11) is 0. The lowest BCUT2D eigenvalue weighted by atomic mass is 10.2. The zero-order valence-electron chi connectivity index (χ0n) is 12.4. The lowest BCUT2D eigenvalue weighted by molar-refractivity contribution is -0.126. The average molecular weight is 330 g/mol. The van der Waals surface area contributed by atoms with Gasteiger partial charge in [0.25, 0.3) is 0 Å². The van der Waals surface area contributed by atoms with Crippen LogP contribution in [-0.4, -0.2) is 22.5 Å². The third-order valence-electron chi connectivity index (χ3n) is 3.31. The summed E-state index contributed by atoms with van der Waals surface area (Å²) in [4.78, 5) is 19.3. The van der Waals surface area contributed by atoms with E-state index >= 15 is 0 Å². The first-order valence-corrected chi connectivity index (χ1v) is 7.61. The van der Waals surface area contributed by atoms with Crippen molar-refractivity contribution in [2.45, 2.75) is 13.2 Å². The molecule has 0 aliphatic heterocycles. The fraction of sp³-hybridized carbons (Fsp3) is 0.176. The number of imidazole rings is 1. The summed E-state index contributed by atoms with van der Waals surface area (Å²) in [5.74, 6) is 0.539. The number of hydrogen-bond acceptors (Lipinski definition) is 3. The van der Waals surface area contributed by atoms with E-state index in [0.29, 0.717) is 18.2 Å². The molecular formula is C17H16ClN3O2. The molecule has 5 nitrogen and oxygen atoms in total. The summed E-state index contributed by atoms with van der Waals surface area (Å²) in [5.41, 5.74) is 2.81. The van der Waals surface area contributed by atoms with Gasteiger partial charge in [0.1, 0.15) is 12.4 Å². The Hall–Kier alpha value is -2.37. The molecule has 0 bridgehead atoms. The highest BCUT2D eigenvalue weighted by Gasteiger charge is 2.05. The first kappa shape index (κ1) is 15.5. The number of carbonyl (C=O) groups excluding carboxylic acids is 1. The second-order valence-electron chi connectivity index (χ2n) is 5.10. The molecule has 3 aromatic rings. The molecule has 1 heterocycles. The Morgan fingerprint density at radius 3 is 2.74 bits per heavy atom. The summed E-state index contributed by atoms with van der Waals surface area (Å²) in [6, 6.07) is 15.1. The van der Waals surface area contributed by atoms with E-state index in [4.69, 9.17) is 16.3 Å². The monoisotopic (exact) mass is 329 g/mol. The highest BCUT2D eigenvalue weighted by atomic mass is 35.5. The predicted molar refractivity (Wildman–Crippen MR) is 89.0 cm³/mol. The molecule has 2 N–H and O–H groups in total. The third-order valence-corrected chi connectivity index (χ3v) is 3.56. The molecule has 1 amide bonds. The molecule has 1 aromatic heterocycles. The Morgan fingerprint density at radius 1 is 1.17 bits per heavy atom. The molecule has 6 heteroatoms. The molecule has 118 valence electrons. The minimum atomic E-state index is -0.181. The van der Waals surface area contributed by atoms with Gasteiger partial charge in [0.15, 0.2) is 0 Å². The number of carbonyl (C=O) groups is 1. The van der Waals surface area contributed by atoms with E-state index in [1.54, 1.807) is 12.1 Å². The summed E-state index contributed by atoms with van der Waals surface area (Å²) in [6.07, 6.45) is 0. The van der Waals surface area contributed by atoms with Crippen LogP contribution in [0.3, 0.4) is 0 Å². The molecule has 0 radical (unpaired) electrons. The van der Waals surface area contributed by atoms with E-state index < -0.39 is 0 Å². The maximum Gasteiger partial charge on any atom is 0.246 e. The third kappa shape index (κ3) is 4.31.